The lowest BCUT2D eigenvalue weighted by molar-refractivity contribution is -0.116. The van der Waals surface area contributed by atoms with E-state index in [-0.39, 0.29) is 23.3 Å². The molecular weight excluding hydrogens is 424 g/mol. The van der Waals surface area contributed by atoms with Crippen LogP contribution in [-0.2, 0) is 21.5 Å². The molecule has 0 radical (unpaired) electrons. The quantitative estimate of drug-likeness (QED) is 0.622. The number of benzene rings is 1. The third-order valence-electron chi connectivity index (χ3n) is 8.70. The van der Waals surface area contributed by atoms with Gasteiger partial charge in [0, 0.05) is 5.56 Å². The van der Waals surface area contributed by atoms with E-state index in [1.165, 1.54) is 17.3 Å². The number of hydrogen-bond donors (Lipinski definition) is 0. The zero-order valence-corrected chi connectivity index (χ0v) is 19.4. The number of nitrogens with zero attached hydrogens (tertiary/aromatic N) is 2. The molecule has 6 atom stereocenters. The Morgan fingerprint density at radius 3 is 2.97 bits per heavy atom. The molecule has 5 aliphatic rings. The van der Waals surface area contributed by atoms with Crippen LogP contribution in [-0.4, -0.2) is 32.5 Å². The molecule has 170 valence electrons. The van der Waals surface area contributed by atoms with Gasteiger partial charge < -0.3 is 9.50 Å². The largest absolute Gasteiger partial charge is 0.652 e. The van der Waals surface area contributed by atoms with Gasteiger partial charge in [-0.05, 0) is 84.1 Å². The van der Waals surface area contributed by atoms with Crippen molar-refractivity contribution >= 4 is 22.3 Å². The lowest BCUT2D eigenvalue weighted by Gasteiger charge is -2.50. The summed E-state index contributed by atoms with van der Waals surface area (Å²) in [4.78, 5) is 13.3. The molecule has 1 aromatic rings. The second-order valence-corrected chi connectivity index (χ2v) is 11.6. The highest BCUT2D eigenvalue weighted by atomic mass is 32.2. The zero-order valence-electron chi connectivity index (χ0n) is 18.6. The van der Waals surface area contributed by atoms with Gasteiger partial charge in [-0.15, -0.1) is 10.4 Å². The minimum Gasteiger partial charge on any atom is -0.652 e. The van der Waals surface area contributed by atoms with E-state index < -0.39 is 10.3 Å². The highest BCUT2D eigenvalue weighted by Crippen LogP contribution is 2.62. The lowest BCUT2D eigenvalue weighted by Crippen LogP contribution is -2.42. The van der Waals surface area contributed by atoms with Gasteiger partial charge in [0.1, 0.15) is 5.78 Å². The molecule has 1 aromatic carbocycles. The second kappa shape index (κ2) is 7.00. The molecule has 2 aliphatic heterocycles. The molecule has 7 heteroatoms. The number of carbonyl (C=O) groups excluding carboxylic acids is 1. The first-order chi connectivity index (χ1) is 15.3. The number of carbonyl (C=O) groups is 1. The van der Waals surface area contributed by atoms with Gasteiger partial charge in [-0.2, -0.15) is 8.42 Å². The van der Waals surface area contributed by atoms with Gasteiger partial charge in [0.15, 0.2) is 5.75 Å². The van der Waals surface area contributed by atoms with E-state index in [0.717, 1.165) is 56.1 Å². The Kier molecular flexibility index (Phi) is 4.51. The average Bonchev–Trinajstić information content (AvgIpc) is 3.43. The Morgan fingerprint density at radius 2 is 2.16 bits per heavy atom. The highest BCUT2D eigenvalue weighted by molar-refractivity contribution is 7.86. The van der Waals surface area contributed by atoms with Crippen molar-refractivity contribution in [3.63, 3.8) is 0 Å². The number of fused-ring (bicyclic) bond motifs is 6. The van der Waals surface area contributed by atoms with Crippen LogP contribution in [0.15, 0.2) is 28.2 Å². The van der Waals surface area contributed by atoms with Gasteiger partial charge in [0.05, 0.1) is 6.21 Å². The molecule has 0 aromatic heterocycles. The zero-order chi connectivity index (χ0) is 22.3. The number of ketones is 1. The molecule has 1 saturated heterocycles. The summed E-state index contributed by atoms with van der Waals surface area (Å²) in [6.45, 7) is 4.47. The van der Waals surface area contributed by atoms with Crippen molar-refractivity contribution in [3.8, 4) is 5.75 Å². The van der Waals surface area contributed by atoms with Crippen molar-refractivity contribution < 1.29 is 17.4 Å². The Morgan fingerprint density at radius 1 is 1.31 bits per heavy atom. The SMILES string of the molecule is CCCC1[N-]C1C(=O)C1=CCC2C3CCc4cc5c(cc4C3CCC12C)C=NS(=O)(=O)O5. The number of aryl methyl sites for hydroxylation is 1. The molecule has 32 heavy (non-hydrogen) atoms. The molecule has 2 fully saturated rings. The normalized spacial score (nSPS) is 37.9. The van der Waals surface area contributed by atoms with E-state index in [2.05, 4.69) is 35.7 Å². The van der Waals surface area contributed by atoms with Crippen molar-refractivity contribution in [2.75, 3.05) is 0 Å². The Balaban J connectivity index is 1.27. The fourth-order valence-electron chi connectivity index (χ4n) is 7.08. The maximum atomic E-state index is 13.3. The third-order valence-corrected chi connectivity index (χ3v) is 9.45. The molecule has 1 saturated carbocycles. The number of rotatable bonds is 4. The van der Waals surface area contributed by atoms with Gasteiger partial charge in [-0.1, -0.05) is 38.8 Å². The summed E-state index contributed by atoms with van der Waals surface area (Å²) in [6, 6.07) is 4.15. The van der Waals surface area contributed by atoms with Gasteiger partial charge >= 0.3 is 10.3 Å². The Hall–Kier alpha value is -1.99. The van der Waals surface area contributed by atoms with Crippen LogP contribution >= 0.6 is 0 Å². The molecule has 0 bridgehead atoms. The summed E-state index contributed by atoms with van der Waals surface area (Å²) in [5.41, 5.74) is 4.26. The first-order valence-corrected chi connectivity index (χ1v) is 13.3. The summed E-state index contributed by atoms with van der Waals surface area (Å²) >= 11 is 0. The number of Topliss-reactive ketones (excluding diaryl/α,β-unsaturated/α-hetero) is 1. The summed E-state index contributed by atoms with van der Waals surface area (Å²) in [5.74, 6) is 2.14. The predicted molar refractivity (Wildman–Crippen MR) is 123 cm³/mol. The van der Waals surface area contributed by atoms with E-state index in [1.807, 2.05) is 6.07 Å². The molecule has 6 unspecified atom stereocenters. The standard InChI is InChI=1S/C25H29N2O4S/c1-3-4-21-23(27-21)24(28)20-8-7-19-17-6-5-14-12-22-15(13-26-32(29,30)31-22)11-18(14)16(17)9-10-25(19,20)2/h8,11-13,16-17,19,21,23H,3-7,9-10H2,1-2H3/q-1. The predicted octanol–water partition coefficient (Wildman–Crippen LogP) is 4.63. The second-order valence-electron chi connectivity index (χ2n) is 10.4. The summed E-state index contributed by atoms with van der Waals surface area (Å²) in [6.07, 6.45) is 10.8. The van der Waals surface area contributed by atoms with Crippen molar-refractivity contribution in [1.82, 2.24) is 0 Å². The third kappa shape index (κ3) is 3.04. The average molecular weight is 454 g/mol. The van der Waals surface area contributed by atoms with Gasteiger partial charge in [0.2, 0.25) is 0 Å². The van der Waals surface area contributed by atoms with E-state index in [4.69, 9.17) is 4.18 Å². The van der Waals surface area contributed by atoms with Crippen LogP contribution < -0.4 is 4.18 Å². The molecule has 0 spiro atoms. The first kappa shape index (κ1) is 20.6. The monoisotopic (exact) mass is 453 g/mol. The number of hydrogen-bond acceptors (Lipinski definition) is 4. The van der Waals surface area contributed by atoms with E-state index in [0.29, 0.717) is 23.5 Å². The molecule has 6 nitrogen and oxygen atoms in total. The van der Waals surface area contributed by atoms with Crippen molar-refractivity contribution in [3.05, 3.63) is 45.8 Å². The van der Waals surface area contributed by atoms with E-state index in [1.54, 1.807) is 0 Å². The van der Waals surface area contributed by atoms with Crippen molar-refractivity contribution in [2.24, 2.45) is 21.6 Å². The molecule has 0 amide bonds. The summed E-state index contributed by atoms with van der Waals surface area (Å²) in [5, 5.41) is 4.56. The molecule has 0 N–H and O–H groups in total. The summed E-state index contributed by atoms with van der Waals surface area (Å²) in [7, 11) is -3.87. The minimum absolute atomic E-state index is 0.0442. The topological polar surface area (TPSA) is 86.9 Å². The van der Waals surface area contributed by atoms with Gasteiger partial charge in [0.25, 0.3) is 0 Å². The number of allylic oxidation sites excluding steroid dienone is 1. The van der Waals surface area contributed by atoms with Crippen LogP contribution in [0.3, 0.4) is 0 Å². The van der Waals surface area contributed by atoms with E-state index >= 15 is 0 Å². The van der Waals surface area contributed by atoms with Gasteiger partial charge in [-0.3, -0.25) is 4.79 Å². The maximum Gasteiger partial charge on any atom is 0.428 e. The maximum absolute atomic E-state index is 13.3. The van der Waals surface area contributed by atoms with Crippen LogP contribution in [0.25, 0.3) is 5.32 Å². The first-order valence-electron chi connectivity index (χ1n) is 11.9. The molecular formula is C25H29N2O4S-. The summed E-state index contributed by atoms with van der Waals surface area (Å²) < 4.78 is 32.1. The van der Waals surface area contributed by atoms with Crippen LogP contribution in [0, 0.1) is 17.3 Å². The van der Waals surface area contributed by atoms with Gasteiger partial charge in [-0.25, -0.2) is 0 Å². The highest BCUT2D eigenvalue weighted by Gasteiger charge is 2.53. The van der Waals surface area contributed by atoms with Crippen molar-refractivity contribution in [1.29, 1.82) is 0 Å². The molecule has 2 heterocycles. The van der Waals surface area contributed by atoms with Crippen LogP contribution in [0.1, 0.15) is 75.0 Å². The van der Waals surface area contributed by atoms with Crippen LogP contribution in [0.4, 0.5) is 0 Å². The minimum atomic E-state index is -3.87. The lowest BCUT2D eigenvalue weighted by atomic mass is 9.54. The van der Waals surface area contributed by atoms with Crippen LogP contribution in [0.5, 0.6) is 5.75 Å². The van der Waals surface area contributed by atoms with Crippen molar-refractivity contribution in [2.45, 2.75) is 76.8 Å². The Bertz CT molecular complexity index is 1170. The Labute approximate surface area is 189 Å². The fourth-order valence-corrected chi connectivity index (χ4v) is 7.74. The van der Waals surface area contributed by atoms with E-state index in [9.17, 15) is 13.2 Å². The molecule has 3 aliphatic carbocycles. The smallest absolute Gasteiger partial charge is 0.428 e. The van der Waals surface area contributed by atoms with Crippen LogP contribution in [0.2, 0.25) is 0 Å². The fraction of sp³-hybridized carbons (Fsp3) is 0.600. The molecule has 6 rings (SSSR count).